The summed E-state index contributed by atoms with van der Waals surface area (Å²) >= 11 is 3.03. The van der Waals surface area contributed by atoms with Crippen LogP contribution in [0.1, 0.15) is 28.6 Å². The van der Waals surface area contributed by atoms with Gasteiger partial charge in [0, 0.05) is 22.5 Å². The summed E-state index contributed by atoms with van der Waals surface area (Å²) in [6.45, 7) is 1.51. The minimum Gasteiger partial charge on any atom is -0.375 e. The zero-order chi connectivity index (χ0) is 17.8. The summed E-state index contributed by atoms with van der Waals surface area (Å²) in [7, 11) is 0. The predicted molar refractivity (Wildman–Crippen MR) is 103 cm³/mol. The Bertz CT molecular complexity index is 884. The summed E-state index contributed by atoms with van der Waals surface area (Å²) in [4.78, 5) is 29.9. The number of nitrogens with two attached hydrogens (primary N) is 1. The van der Waals surface area contributed by atoms with E-state index in [2.05, 4.69) is 10.3 Å². The molecule has 0 aliphatic rings. The molecule has 0 spiro atoms. The lowest BCUT2D eigenvalue weighted by atomic mass is 10.1. The van der Waals surface area contributed by atoms with Gasteiger partial charge in [-0.15, -0.1) is 22.7 Å². The highest BCUT2D eigenvalue weighted by Gasteiger charge is 2.14. The standard InChI is InChI=1S/C18H17N3O2S2/c1-11(22)12-4-6-13(7-5-12)20-16(23)9-8-15-17(21-18(19)25-15)14-3-2-10-24-14/h2-7,10H,8-9H2,1H3,(H2,19,21)(H,20,23). The van der Waals surface area contributed by atoms with E-state index in [1.165, 1.54) is 18.3 Å². The molecule has 0 atom stereocenters. The fourth-order valence-electron chi connectivity index (χ4n) is 2.38. The molecule has 3 rings (SSSR count). The van der Waals surface area contributed by atoms with Gasteiger partial charge in [0.25, 0.3) is 0 Å². The summed E-state index contributed by atoms with van der Waals surface area (Å²) in [5, 5.41) is 5.35. The number of carbonyl (C=O) groups excluding carboxylic acids is 2. The van der Waals surface area contributed by atoms with Crippen molar-refractivity contribution >= 4 is 45.2 Å². The Morgan fingerprint density at radius 1 is 1.20 bits per heavy atom. The Balaban J connectivity index is 1.62. The van der Waals surface area contributed by atoms with Crippen LogP contribution in [-0.2, 0) is 11.2 Å². The fourth-order valence-corrected chi connectivity index (χ4v) is 4.04. The van der Waals surface area contributed by atoms with E-state index in [0.29, 0.717) is 29.2 Å². The van der Waals surface area contributed by atoms with Crippen molar-refractivity contribution < 1.29 is 9.59 Å². The lowest BCUT2D eigenvalue weighted by Crippen LogP contribution is -2.12. The number of carbonyl (C=O) groups is 2. The number of hydrogen-bond acceptors (Lipinski definition) is 6. The van der Waals surface area contributed by atoms with Crippen molar-refractivity contribution in [1.29, 1.82) is 0 Å². The molecule has 0 aliphatic heterocycles. The molecule has 25 heavy (non-hydrogen) atoms. The van der Waals surface area contributed by atoms with Crippen LogP contribution < -0.4 is 11.1 Å². The summed E-state index contributed by atoms with van der Waals surface area (Å²) < 4.78 is 0. The number of hydrogen-bond donors (Lipinski definition) is 2. The maximum absolute atomic E-state index is 12.2. The number of anilines is 2. The van der Waals surface area contributed by atoms with Gasteiger partial charge in [-0.2, -0.15) is 0 Å². The number of ketones is 1. The van der Waals surface area contributed by atoms with Crippen LogP contribution >= 0.6 is 22.7 Å². The molecule has 128 valence electrons. The van der Waals surface area contributed by atoms with E-state index in [0.717, 1.165) is 15.4 Å². The molecule has 1 amide bonds. The molecule has 0 aliphatic carbocycles. The molecule has 0 fully saturated rings. The molecule has 1 aromatic carbocycles. The van der Waals surface area contributed by atoms with Crippen molar-refractivity contribution in [2.24, 2.45) is 0 Å². The van der Waals surface area contributed by atoms with Crippen molar-refractivity contribution in [2.75, 3.05) is 11.1 Å². The lowest BCUT2D eigenvalue weighted by Gasteiger charge is -2.06. The highest BCUT2D eigenvalue weighted by Crippen LogP contribution is 2.33. The quantitative estimate of drug-likeness (QED) is 0.635. The van der Waals surface area contributed by atoms with Gasteiger partial charge in [-0.25, -0.2) is 4.98 Å². The van der Waals surface area contributed by atoms with Crippen molar-refractivity contribution in [1.82, 2.24) is 4.98 Å². The van der Waals surface area contributed by atoms with E-state index in [-0.39, 0.29) is 11.7 Å². The summed E-state index contributed by atoms with van der Waals surface area (Å²) in [6.07, 6.45) is 0.925. The normalized spacial score (nSPS) is 10.6. The molecule has 7 heteroatoms. The summed E-state index contributed by atoms with van der Waals surface area (Å²) in [5.41, 5.74) is 8.01. The molecule has 0 radical (unpaired) electrons. The van der Waals surface area contributed by atoms with E-state index in [1.54, 1.807) is 35.6 Å². The topological polar surface area (TPSA) is 85.1 Å². The molecule has 0 saturated carbocycles. The van der Waals surface area contributed by atoms with Crippen LogP contribution in [0.5, 0.6) is 0 Å². The molecular weight excluding hydrogens is 354 g/mol. The number of rotatable bonds is 6. The number of aromatic nitrogens is 1. The van der Waals surface area contributed by atoms with Gasteiger partial charge in [0.05, 0.1) is 10.6 Å². The van der Waals surface area contributed by atoms with Crippen LogP contribution in [0.25, 0.3) is 10.6 Å². The first-order valence-electron chi connectivity index (χ1n) is 7.73. The highest BCUT2D eigenvalue weighted by atomic mass is 32.1. The second-order valence-corrected chi connectivity index (χ2v) is 7.55. The number of nitrogens with zero attached hydrogens (tertiary/aromatic N) is 1. The van der Waals surface area contributed by atoms with E-state index in [4.69, 9.17) is 5.73 Å². The fraction of sp³-hybridized carbons (Fsp3) is 0.167. The van der Waals surface area contributed by atoms with Gasteiger partial charge >= 0.3 is 0 Å². The molecule has 2 aromatic heterocycles. The molecule has 5 nitrogen and oxygen atoms in total. The Kier molecular flexibility index (Phi) is 5.25. The van der Waals surface area contributed by atoms with E-state index in [9.17, 15) is 9.59 Å². The second kappa shape index (κ2) is 7.58. The molecule has 2 heterocycles. The average molecular weight is 371 g/mol. The number of benzene rings is 1. The number of nitrogens with one attached hydrogen (secondary N) is 1. The first-order valence-corrected chi connectivity index (χ1v) is 9.42. The highest BCUT2D eigenvalue weighted by molar-refractivity contribution is 7.17. The summed E-state index contributed by atoms with van der Waals surface area (Å²) in [5.74, 6) is -0.0820. The van der Waals surface area contributed by atoms with Crippen LogP contribution in [0.4, 0.5) is 10.8 Å². The van der Waals surface area contributed by atoms with Gasteiger partial charge < -0.3 is 11.1 Å². The number of thiophene rings is 1. The van der Waals surface area contributed by atoms with Gasteiger partial charge in [-0.3, -0.25) is 9.59 Å². The third kappa shape index (κ3) is 4.32. The van der Waals surface area contributed by atoms with Crippen LogP contribution in [0.2, 0.25) is 0 Å². The average Bonchev–Trinajstić information content (AvgIpc) is 3.22. The first kappa shape index (κ1) is 17.3. The second-order valence-electron chi connectivity index (χ2n) is 5.48. The number of amides is 1. The maximum atomic E-state index is 12.2. The van der Waals surface area contributed by atoms with Gasteiger partial charge in [-0.05, 0) is 49.1 Å². The van der Waals surface area contributed by atoms with Crippen LogP contribution in [-0.4, -0.2) is 16.7 Å². The molecule has 3 N–H and O–H groups in total. The molecule has 0 saturated heterocycles. The Morgan fingerprint density at radius 2 is 1.96 bits per heavy atom. The van der Waals surface area contributed by atoms with Gasteiger partial charge in [0.1, 0.15) is 0 Å². The third-order valence-corrected chi connectivity index (χ3v) is 5.44. The van der Waals surface area contributed by atoms with E-state index < -0.39 is 0 Å². The van der Waals surface area contributed by atoms with Crippen LogP contribution in [0.3, 0.4) is 0 Å². The van der Waals surface area contributed by atoms with Crippen molar-refractivity contribution in [3.8, 4) is 10.6 Å². The lowest BCUT2D eigenvalue weighted by molar-refractivity contribution is -0.116. The Hall–Kier alpha value is -2.51. The Labute approximate surface area is 153 Å². The van der Waals surface area contributed by atoms with Gasteiger partial charge in [-0.1, -0.05) is 6.07 Å². The SMILES string of the molecule is CC(=O)c1ccc(NC(=O)CCc2sc(N)nc2-c2cccs2)cc1. The summed E-state index contributed by atoms with van der Waals surface area (Å²) in [6, 6.07) is 10.8. The van der Waals surface area contributed by atoms with Gasteiger partial charge in [0.15, 0.2) is 10.9 Å². The zero-order valence-corrected chi connectivity index (χ0v) is 15.2. The van der Waals surface area contributed by atoms with E-state index in [1.807, 2.05) is 17.5 Å². The predicted octanol–water partition coefficient (Wildman–Crippen LogP) is 4.23. The van der Waals surface area contributed by atoms with Crippen molar-refractivity contribution in [3.05, 3.63) is 52.2 Å². The minimum absolute atomic E-state index is 0.00164. The molecule has 0 unspecified atom stereocenters. The minimum atomic E-state index is -0.0836. The molecule has 3 aromatic rings. The zero-order valence-electron chi connectivity index (χ0n) is 13.6. The largest absolute Gasteiger partial charge is 0.375 e. The third-order valence-electron chi connectivity index (χ3n) is 3.62. The van der Waals surface area contributed by atoms with Crippen molar-refractivity contribution in [2.45, 2.75) is 19.8 Å². The first-order chi connectivity index (χ1) is 12.0. The number of aryl methyl sites for hydroxylation is 1. The molecular formula is C18H17N3O2S2. The molecule has 0 bridgehead atoms. The van der Waals surface area contributed by atoms with Crippen LogP contribution in [0, 0.1) is 0 Å². The maximum Gasteiger partial charge on any atom is 0.224 e. The Morgan fingerprint density at radius 3 is 2.60 bits per heavy atom. The number of thiazole rings is 1. The van der Waals surface area contributed by atoms with Crippen LogP contribution in [0.15, 0.2) is 41.8 Å². The number of nitrogen functional groups attached to an aromatic ring is 1. The smallest absolute Gasteiger partial charge is 0.224 e. The van der Waals surface area contributed by atoms with Crippen molar-refractivity contribution in [3.63, 3.8) is 0 Å². The number of Topliss-reactive ketones (excluding diaryl/α,β-unsaturated/α-hetero) is 1. The monoisotopic (exact) mass is 371 g/mol. The van der Waals surface area contributed by atoms with Gasteiger partial charge in [0.2, 0.25) is 5.91 Å². The van der Waals surface area contributed by atoms with E-state index >= 15 is 0 Å².